The van der Waals surface area contributed by atoms with Crippen LogP contribution in [-0.2, 0) is 19.1 Å². The van der Waals surface area contributed by atoms with Crippen LogP contribution in [-0.4, -0.2) is 36.7 Å². The van der Waals surface area contributed by atoms with Crippen molar-refractivity contribution in [2.45, 2.75) is 52.7 Å². The van der Waals surface area contributed by atoms with Gasteiger partial charge < -0.3 is 20.1 Å². The lowest BCUT2D eigenvalue weighted by molar-refractivity contribution is -0.143. The smallest absolute Gasteiger partial charge is 0.408 e. The van der Waals surface area contributed by atoms with Gasteiger partial charge in [-0.1, -0.05) is 15.9 Å². The molecule has 0 saturated carbocycles. The monoisotopic (exact) mass is 460 g/mol. The molecule has 1 rings (SSSR count). The predicted molar refractivity (Wildman–Crippen MR) is 105 cm³/mol. The Balaban J connectivity index is 2.91. The molecule has 0 radical (unpaired) electrons. The second-order valence-electron chi connectivity index (χ2n) is 7.11. The van der Waals surface area contributed by atoms with E-state index in [2.05, 4.69) is 26.6 Å². The van der Waals surface area contributed by atoms with Gasteiger partial charge in [0.05, 0.1) is 19.1 Å². The van der Waals surface area contributed by atoms with E-state index in [1.165, 1.54) is 6.07 Å². The molecule has 0 heterocycles. The molecule has 0 bridgehead atoms. The van der Waals surface area contributed by atoms with Crippen LogP contribution in [0.2, 0.25) is 0 Å². The molecule has 2 amide bonds. The lowest BCUT2D eigenvalue weighted by Gasteiger charge is -2.22. The molecule has 7 nitrogen and oxygen atoms in total. The van der Waals surface area contributed by atoms with Crippen molar-refractivity contribution in [2.75, 3.05) is 13.2 Å². The van der Waals surface area contributed by atoms with Crippen molar-refractivity contribution < 1.29 is 28.2 Å². The molecule has 9 heteroatoms. The number of hydrogen-bond donors (Lipinski definition) is 2. The first-order valence-electron chi connectivity index (χ1n) is 8.80. The van der Waals surface area contributed by atoms with E-state index in [1.807, 2.05) is 0 Å². The van der Waals surface area contributed by atoms with Gasteiger partial charge in [0, 0.05) is 10.0 Å². The molecule has 1 atom stereocenters. The molecule has 2 N–H and O–H groups in total. The fourth-order valence-electron chi connectivity index (χ4n) is 2.34. The highest BCUT2D eigenvalue weighted by Gasteiger charge is 2.24. The van der Waals surface area contributed by atoms with Crippen LogP contribution < -0.4 is 10.6 Å². The minimum Gasteiger partial charge on any atom is -0.466 e. The summed E-state index contributed by atoms with van der Waals surface area (Å²) in [6.45, 7) is 8.10. The van der Waals surface area contributed by atoms with E-state index in [0.717, 1.165) is 0 Å². The van der Waals surface area contributed by atoms with Gasteiger partial charge in [0.15, 0.2) is 0 Å². The highest BCUT2D eigenvalue weighted by Crippen LogP contribution is 2.27. The number of hydrogen-bond acceptors (Lipinski definition) is 5. The van der Waals surface area contributed by atoms with Gasteiger partial charge in [0.25, 0.3) is 0 Å². The highest BCUT2D eigenvalue weighted by molar-refractivity contribution is 9.10. The van der Waals surface area contributed by atoms with Gasteiger partial charge in [0.2, 0.25) is 5.91 Å². The zero-order chi connectivity index (χ0) is 21.5. The number of ether oxygens (including phenoxy) is 2. The van der Waals surface area contributed by atoms with Gasteiger partial charge in [-0.25, -0.2) is 9.18 Å². The first-order chi connectivity index (χ1) is 12.9. The summed E-state index contributed by atoms with van der Waals surface area (Å²) in [7, 11) is 0. The second-order valence-corrected chi connectivity index (χ2v) is 8.03. The summed E-state index contributed by atoms with van der Waals surface area (Å²) in [5, 5.41) is 4.88. The molecule has 0 unspecified atom stereocenters. The van der Waals surface area contributed by atoms with Crippen LogP contribution >= 0.6 is 15.9 Å². The Morgan fingerprint density at radius 1 is 1.25 bits per heavy atom. The maximum absolute atomic E-state index is 14.6. The topological polar surface area (TPSA) is 93.7 Å². The molecule has 0 aliphatic rings. The molecule has 28 heavy (non-hydrogen) atoms. The molecule has 0 fully saturated rings. The van der Waals surface area contributed by atoms with E-state index in [1.54, 1.807) is 40.7 Å². The lowest BCUT2D eigenvalue weighted by atomic mass is 10.0. The zero-order valence-electron chi connectivity index (χ0n) is 16.7. The van der Waals surface area contributed by atoms with Crippen LogP contribution in [0.5, 0.6) is 0 Å². The van der Waals surface area contributed by atoms with Crippen LogP contribution in [0.25, 0.3) is 0 Å². The largest absolute Gasteiger partial charge is 0.466 e. The summed E-state index contributed by atoms with van der Waals surface area (Å²) in [5.74, 6) is -1.71. The van der Waals surface area contributed by atoms with Gasteiger partial charge in [-0.05, 0) is 52.3 Å². The minimum atomic E-state index is -0.955. The van der Waals surface area contributed by atoms with Crippen LogP contribution in [0.4, 0.5) is 9.18 Å². The van der Waals surface area contributed by atoms with Crippen molar-refractivity contribution >= 4 is 33.9 Å². The Bertz CT molecular complexity index is 734. The third kappa shape index (κ3) is 8.24. The van der Waals surface area contributed by atoms with Gasteiger partial charge in [-0.3, -0.25) is 9.59 Å². The number of rotatable bonds is 7. The minimum absolute atomic E-state index is 0.144. The Hall–Kier alpha value is -2.16. The zero-order valence-corrected chi connectivity index (χ0v) is 18.2. The normalized spacial score (nSPS) is 12.1. The molecular weight excluding hydrogens is 435 g/mol. The predicted octanol–water partition coefficient (Wildman–Crippen LogP) is 3.53. The van der Waals surface area contributed by atoms with Crippen LogP contribution in [0.1, 0.15) is 51.3 Å². The molecule has 0 aliphatic heterocycles. The van der Waals surface area contributed by atoms with Gasteiger partial charge in [0.1, 0.15) is 18.0 Å². The summed E-state index contributed by atoms with van der Waals surface area (Å²) in [6, 6.07) is 2.13. The standard InChI is InChI=1S/C19H26BrFN2O5/c1-6-27-16(25)9-14(13-8-12(20)7-11(2)17(13)21)23-15(24)10-22-18(26)28-19(3,4)5/h7-8,14H,6,9-10H2,1-5H3,(H,22,26)(H,23,24)/t14-/m0/s1. The number of carbonyl (C=O) groups excluding carboxylic acids is 3. The molecule has 0 aliphatic carbocycles. The van der Waals surface area contributed by atoms with Crippen molar-refractivity contribution in [3.63, 3.8) is 0 Å². The van der Waals surface area contributed by atoms with Gasteiger partial charge >= 0.3 is 12.1 Å². The Morgan fingerprint density at radius 3 is 2.46 bits per heavy atom. The average molecular weight is 461 g/mol. The molecule has 1 aromatic carbocycles. The van der Waals surface area contributed by atoms with Gasteiger partial charge in [-0.2, -0.15) is 0 Å². The van der Waals surface area contributed by atoms with Crippen molar-refractivity contribution in [3.05, 3.63) is 33.5 Å². The van der Waals surface area contributed by atoms with Crippen molar-refractivity contribution in [2.24, 2.45) is 0 Å². The number of halogens is 2. The number of carbonyl (C=O) groups is 3. The van der Waals surface area contributed by atoms with E-state index in [0.29, 0.717) is 10.0 Å². The summed E-state index contributed by atoms with van der Waals surface area (Å²) in [6.07, 6.45) is -1.01. The molecule has 0 spiro atoms. The second kappa shape index (κ2) is 10.4. The Labute approximate surface area is 172 Å². The highest BCUT2D eigenvalue weighted by atomic mass is 79.9. The van der Waals surface area contributed by atoms with Crippen LogP contribution in [0.3, 0.4) is 0 Å². The number of benzene rings is 1. The molecule has 0 aromatic heterocycles. The van der Waals surface area contributed by atoms with E-state index in [4.69, 9.17) is 9.47 Å². The summed E-state index contributed by atoms with van der Waals surface area (Å²) >= 11 is 3.29. The number of aryl methyl sites for hydroxylation is 1. The fraction of sp³-hybridized carbons (Fsp3) is 0.526. The van der Waals surface area contributed by atoms with Crippen LogP contribution in [0.15, 0.2) is 16.6 Å². The van der Waals surface area contributed by atoms with E-state index < -0.39 is 35.4 Å². The van der Waals surface area contributed by atoms with E-state index in [-0.39, 0.29) is 25.1 Å². The van der Waals surface area contributed by atoms with Crippen molar-refractivity contribution in [1.29, 1.82) is 0 Å². The summed E-state index contributed by atoms with van der Waals surface area (Å²) in [5.41, 5.74) is -0.200. The number of nitrogens with one attached hydrogen (secondary N) is 2. The maximum atomic E-state index is 14.6. The molecular formula is C19H26BrFN2O5. The first kappa shape index (κ1) is 23.9. The maximum Gasteiger partial charge on any atom is 0.408 e. The van der Waals surface area contributed by atoms with Crippen molar-refractivity contribution in [3.8, 4) is 0 Å². The first-order valence-corrected chi connectivity index (χ1v) is 9.59. The third-order valence-corrected chi connectivity index (χ3v) is 3.88. The van der Waals surface area contributed by atoms with Crippen molar-refractivity contribution in [1.82, 2.24) is 10.6 Å². The van der Waals surface area contributed by atoms with Gasteiger partial charge in [-0.15, -0.1) is 0 Å². The number of amides is 2. The average Bonchev–Trinajstić information content (AvgIpc) is 2.54. The third-order valence-electron chi connectivity index (χ3n) is 3.43. The molecule has 1 aromatic rings. The van der Waals surface area contributed by atoms with E-state index in [9.17, 15) is 18.8 Å². The molecule has 156 valence electrons. The summed E-state index contributed by atoms with van der Waals surface area (Å²) < 4.78 is 25.2. The molecule has 0 saturated heterocycles. The summed E-state index contributed by atoms with van der Waals surface area (Å²) in [4.78, 5) is 35.8. The Kier molecular flexibility index (Phi) is 8.87. The van der Waals surface area contributed by atoms with E-state index >= 15 is 0 Å². The number of esters is 1. The lowest BCUT2D eigenvalue weighted by Crippen LogP contribution is -2.41. The van der Waals surface area contributed by atoms with Crippen LogP contribution in [0, 0.1) is 12.7 Å². The Morgan fingerprint density at radius 2 is 1.89 bits per heavy atom. The number of alkyl carbamates (subject to hydrolysis) is 1. The quantitative estimate of drug-likeness (QED) is 0.606. The SMILES string of the molecule is CCOC(=O)C[C@H](NC(=O)CNC(=O)OC(C)(C)C)c1cc(Br)cc(C)c1F. The fourth-order valence-corrected chi connectivity index (χ4v) is 2.93.